The maximum atomic E-state index is 14.3. The highest BCUT2D eigenvalue weighted by Gasteiger charge is 2.21. The Morgan fingerprint density at radius 1 is 0.962 bits per heavy atom. The van der Waals surface area contributed by atoms with E-state index in [1.54, 1.807) is 18.2 Å². The van der Waals surface area contributed by atoms with Crippen molar-refractivity contribution >= 4 is 0 Å². The predicted octanol–water partition coefficient (Wildman–Crippen LogP) is 3.91. The Hall–Kier alpha value is -1.91. The van der Waals surface area contributed by atoms with Gasteiger partial charge in [0.05, 0.1) is 6.61 Å². The van der Waals surface area contributed by atoms with Gasteiger partial charge in [-0.25, -0.2) is 4.39 Å². The minimum Gasteiger partial charge on any atom is -0.508 e. The van der Waals surface area contributed by atoms with Crippen molar-refractivity contribution in [3.8, 4) is 5.75 Å². The molecule has 3 nitrogen and oxygen atoms in total. The lowest BCUT2D eigenvalue weighted by atomic mass is 9.85. The molecule has 3 rings (SSSR count). The molecule has 26 heavy (non-hydrogen) atoms. The number of phenolic OH excluding ortho intramolecular Hbond substituents is 1. The Morgan fingerprint density at radius 3 is 2.31 bits per heavy atom. The number of halogens is 1. The fourth-order valence-electron chi connectivity index (χ4n) is 3.51. The summed E-state index contributed by atoms with van der Waals surface area (Å²) in [5.74, 6) is 0.792. The van der Waals surface area contributed by atoms with Crippen molar-refractivity contribution in [3.63, 3.8) is 0 Å². The molecule has 0 heterocycles. The lowest BCUT2D eigenvalue weighted by molar-refractivity contribution is 0.180. The van der Waals surface area contributed by atoms with E-state index in [0.29, 0.717) is 23.3 Å². The van der Waals surface area contributed by atoms with E-state index in [2.05, 4.69) is 4.90 Å². The number of benzene rings is 2. The fraction of sp³-hybridized carbons (Fsp3) is 0.455. The van der Waals surface area contributed by atoms with E-state index in [1.165, 1.54) is 24.8 Å². The number of aliphatic hydroxyl groups is 1. The molecule has 140 valence electrons. The molecule has 2 aromatic rings. The average Bonchev–Trinajstić information content (AvgIpc) is 2.62. The molecule has 0 spiro atoms. The second-order valence-electron chi connectivity index (χ2n) is 7.31. The van der Waals surface area contributed by atoms with E-state index in [0.717, 1.165) is 32.0 Å². The number of hydrogen-bond donors (Lipinski definition) is 2. The maximum absolute atomic E-state index is 14.3. The van der Waals surface area contributed by atoms with Crippen LogP contribution in [0.1, 0.15) is 36.0 Å². The van der Waals surface area contributed by atoms with Crippen molar-refractivity contribution in [1.29, 1.82) is 0 Å². The van der Waals surface area contributed by atoms with Crippen LogP contribution in [0.4, 0.5) is 4.39 Å². The molecule has 2 aromatic carbocycles. The molecule has 2 N–H and O–H groups in total. The van der Waals surface area contributed by atoms with E-state index >= 15 is 0 Å². The highest BCUT2D eigenvalue weighted by molar-refractivity contribution is 5.27. The molecular formula is C22H28FNO2. The van der Waals surface area contributed by atoms with Crippen LogP contribution in [-0.2, 0) is 19.4 Å². The molecule has 1 saturated carbocycles. The molecule has 0 aliphatic heterocycles. The monoisotopic (exact) mass is 357 g/mol. The van der Waals surface area contributed by atoms with Gasteiger partial charge in [0, 0.05) is 25.2 Å². The second-order valence-corrected chi connectivity index (χ2v) is 7.31. The molecule has 1 aliphatic carbocycles. The van der Waals surface area contributed by atoms with Crippen molar-refractivity contribution in [2.75, 3.05) is 19.6 Å². The van der Waals surface area contributed by atoms with Crippen molar-refractivity contribution in [2.45, 2.75) is 38.7 Å². The molecule has 0 aromatic heterocycles. The zero-order chi connectivity index (χ0) is 18.4. The molecule has 1 fully saturated rings. The summed E-state index contributed by atoms with van der Waals surface area (Å²) in [4.78, 5) is 2.43. The van der Waals surface area contributed by atoms with Gasteiger partial charge in [0.25, 0.3) is 0 Å². The molecule has 0 bridgehead atoms. The largest absolute Gasteiger partial charge is 0.508 e. The van der Waals surface area contributed by atoms with Crippen molar-refractivity contribution in [3.05, 3.63) is 65.0 Å². The number of hydrogen-bond acceptors (Lipinski definition) is 3. The van der Waals surface area contributed by atoms with Crippen LogP contribution < -0.4 is 0 Å². The lowest BCUT2D eigenvalue weighted by Crippen LogP contribution is -2.35. The van der Waals surface area contributed by atoms with Crippen LogP contribution in [0.15, 0.2) is 42.5 Å². The number of rotatable bonds is 9. The van der Waals surface area contributed by atoms with Crippen LogP contribution >= 0.6 is 0 Å². The predicted molar refractivity (Wildman–Crippen MR) is 102 cm³/mol. The summed E-state index contributed by atoms with van der Waals surface area (Å²) in [5.41, 5.74) is 2.26. The first-order valence-electron chi connectivity index (χ1n) is 9.53. The van der Waals surface area contributed by atoms with Crippen LogP contribution in [-0.4, -0.2) is 34.7 Å². The number of nitrogens with zero attached hydrogens (tertiary/aromatic N) is 1. The fourth-order valence-corrected chi connectivity index (χ4v) is 3.51. The van der Waals surface area contributed by atoms with Gasteiger partial charge in [-0.1, -0.05) is 36.8 Å². The highest BCUT2D eigenvalue weighted by atomic mass is 19.1. The second kappa shape index (κ2) is 9.15. The van der Waals surface area contributed by atoms with E-state index < -0.39 is 0 Å². The quantitative estimate of drug-likeness (QED) is 0.715. The Morgan fingerprint density at radius 2 is 1.65 bits per heavy atom. The number of phenols is 1. The molecule has 0 unspecified atom stereocenters. The normalized spacial score (nSPS) is 14.6. The van der Waals surface area contributed by atoms with Crippen LogP contribution in [0, 0.1) is 11.7 Å². The third kappa shape index (κ3) is 5.05. The smallest absolute Gasteiger partial charge is 0.131 e. The van der Waals surface area contributed by atoms with Crippen LogP contribution in [0.2, 0.25) is 0 Å². The van der Waals surface area contributed by atoms with Gasteiger partial charge in [-0.05, 0) is 54.9 Å². The summed E-state index contributed by atoms with van der Waals surface area (Å²) >= 11 is 0. The first-order chi connectivity index (χ1) is 12.7. The van der Waals surface area contributed by atoms with Gasteiger partial charge in [-0.3, -0.25) is 0 Å². The number of aliphatic hydroxyl groups excluding tert-OH is 1. The van der Waals surface area contributed by atoms with E-state index in [4.69, 9.17) is 0 Å². The highest BCUT2D eigenvalue weighted by Crippen LogP contribution is 2.27. The topological polar surface area (TPSA) is 43.7 Å². The summed E-state index contributed by atoms with van der Waals surface area (Å²) in [6, 6.07) is 12.6. The summed E-state index contributed by atoms with van der Waals surface area (Å²) in [7, 11) is 0. The average molecular weight is 357 g/mol. The van der Waals surface area contributed by atoms with Crippen molar-refractivity contribution < 1.29 is 14.6 Å². The van der Waals surface area contributed by atoms with Crippen molar-refractivity contribution in [1.82, 2.24) is 4.90 Å². The first-order valence-corrected chi connectivity index (χ1v) is 9.53. The molecule has 1 aliphatic rings. The van der Waals surface area contributed by atoms with E-state index in [9.17, 15) is 14.6 Å². The summed E-state index contributed by atoms with van der Waals surface area (Å²) < 4.78 is 14.3. The van der Waals surface area contributed by atoms with Gasteiger partial charge in [-0.2, -0.15) is 0 Å². The van der Waals surface area contributed by atoms with Gasteiger partial charge < -0.3 is 15.1 Å². The first kappa shape index (κ1) is 18.9. The summed E-state index contributed by atoms with van der Waals surface area (Å²) in [5, 5.41) is 18.6. The SMILES string of the molecule is OCc1cccc(CCN(CCc2ccc(O)cc2)CC2CCC2)c1F. The lowest BCUT2D eigenvalue weighted by Gasteiger charge is -2.32. The maximum Gasteiger partial charge on any atom is 0.131 e. The van der Waals surface area contributed by atoms with Gasteiger partial charge in [-0.15, -0.1) is 0 Å². The van der Waals surface area contributed by atoms with Gasteiger partial charge in [0.1, 0.15) is 11.6 Å². The molecule has 0 amide bonds. The third-order valence-corrected chi connectivity index (χ3v) is 5.42. The Labute approximate surface area is 155 Å². The molecule has 4 heteroatoms. The summed E-state index contributed by atoms with van der Waals surface area (Å²) in [6.45, 7) is 2.56. The standard InChI is InChI=1S/C22H28FNO2/c23-22-19(5-2-6-20(22)16-25)12-14-24(15-18-3-1-4-18)13-11-17-7-9-21(26)10-8-17/h2,5-10,18,25-26H,1,3-4,11-16H2. The van der Waals surface area contributed by atoms with Gasteiger partial charge >= 0.3 is 0 Å². The zero-order valence-electron chi connectivity index (χ0n) is 15.2. The Kier molecular flexibility index (Phi) is 6.64. The number of aromatic hydroxyl groups is 1. The third-order valence-electron chi connectivity index (χ3n) is 5.42. The Balaban J connectivity index is 1.59. The molecule has 0 radical (unpaired) electrons. The van der Waals surface area contributed by atoms with Crippen molar-refractivity contribution in [2.24, 2.45) is 5.92 Å². The minimum absolute atomic E-state index is 0.258. The summed E-state index contributed by atoms with van der Waals surface area (Å²) in [6.07, 6.45) is 5.49. The Bertz CT molecular complexity index is 698. The van der Waals surface area contributed by atoms with Gasteiger partial charge in [0.15, 0.2) is 0 Å². The van der Waals surface area contributed by atoms with Crippen LogP contribution in [0.25, 0.3) is 0 Å². The molecule has 0 saturated heterocycles. The minimum atomic E-state index is -0.267. The molecular weight excluding hydrogens is 329 g/mol. The molecule has 0 atom stereocenters. The van der Waals surface area contributed by atoms with Gasteiger partial charge in [0.2, 0.25) is 0 Å². The van der Waals surface area contributed by atoms with Crippen LogP contribution in [0.5, 0.6) is 5.75 Å². The van der Waals surface area contributed by atoms with E-state index in [-0.39, 0.29) is 12.4 Å². The van der Waals surface area contributed by atoms with E-state index in [1.807, 2.05) is 24.3 Å². The zero-order valence-corrected chi connectivity index (χ0v) is 15.2. The van der Waals surface area contributed by atoms with Crippen LogP contribution in [0.3, 0.4) is 0 Å².